The Bertz CT molecular complexity index is 923. The average Bonchev–Trinajstić information content (AvgIpc) is 2.87. The Morgan fingerprint density at radius 3 is 2.59 bits per heavy atom. The minimum atomic E-state index is -0.588. The molecule has 6 heteroatoms. The summed E-state index contributed by atoms with van der Waals surface area (Å²) in [4.78, 5) is 26.9. The molecule has 0 aliphatic carbocycles. The van der Waals surface area contributed by atoms with E-state index in [1.807, 2.05) is 37.3 Å². The van der Waals surface area contributed by atoms with Crippen LogP contribution in [0.2, 0.25) is 0 Å². The second-order valence-corrected chi connectivity index (χ2v) is 5.07. The quantitative estimate of drug-likeness (QED) is 0.772. The molecule has 0 aliphatic heterocycles. The zero-order valence-electron chi connectivity index (χ0n) is 12.4. The maximum absolute atomic E-state index is 12.4. The third kappa shape index (κ3) is 2.00. The molecule has 0 fully saturated rings. The molecule has 112 valence electrons. The van der Waals surface area contributed by atoms with Crippen molar-refractivity contribution in [3.63, 3.8) is 0 Å². The number of H-pyrrole nitrogens is 1. The van der Waals surface area contributed by atoms with Gasteiger partial charge in [-0.2, -0.15) is 5.10 Å². The van der Waals surface area contributed by atoms with E-state index in [0.717, 1.165) is 5.56 Å². The van der Waals surface area contributed by atoms with Gasteiger partial charge >= 0.3 is 0 Å². The number of fused-ring (bicyclic) bond motifs is 1. The highest BCUT2D eigenvalue weighted by molar-refractivity contribution is 6.04. The molecule has 0 unspecified atom stereocenters. The number of amides is 1. The molecular formula is C16H16N4O2. The first-order chi connectivity index (χ1) is 10.5. The van der Waals surface area contributed by atoms with Crippen molar-refractivity contribution in [3.05, 3.63) is 51.9 Å². The molecule has 0 radical (unpaired) electrons. The molecule has 1 amide bonds. The smallest absolute Gasteiger partial charge is 0.291 e. The molecule has 3 aromatic rings. The largest absolute Gasteiger partial charge is 0.364 e. The number of aryl methyl sites for hydroxylation is 2. The van der Waals surface area contributed by atoms with Crippen LogP contribution in [-0.4, -0.2) is 20.7 Å². The zero-order chi connectivity index (χ0) is 15.9. The molecular weight excluding hydrogens is 280 g/mol. The zero-order valence-corrected chi connectivity index (χ0v) is 12.4. The molecule has 2 heterocycles. The first kappa shape index (κ1) is 14.1. The minimum absolute atomic E-state index is 0.250. The number of hydrogen-bond acceptors (Lipinski definition) is 3. The van der Waals surface area contributed by atoms with Crippen LogP contribution in [0.25, 0.3) is 22.2 Å². The number of carbonyl (C=O) groups excluding carboxylic acids is 1. The van der Waals surface area contributed by atoms with Gasteiger partial charge in [0.05, 0.1) is 0 Å². The lowest BCUT2D eigenvalue weighted by Crippen LogP contribution is -2.23. The highest BCUT2D eigenvalue weighted by Crippen LogP contribution is 2.29. The number of rotatable bonds is 3. The molecule has 1 aromatic carbocycles. The summed E-state index contributed by atoms with van der Waals surface area (Å²) in [5.41, 5.74) is 7.94. The van der Waals surface area contributed by atoms with Gasteiger partial charge in [-0.15, -0.1) is 0 Å². The monoisotopic (exact) mass is 296 g/mol. The highest BCUT2D eigenvalue weighted by atomic mass is 16.1. The van der Waals surface area contributed by atoms with Crippen LogP contribution in [0.15, 0.2) is 35.1 Å². The van der Waals surface area contributed by atoms with Crippen molar-refractivity contribution < 1.29 is 4.79 Å². The van der Waals surface area contributed by atoms with Crippen LogP contribution >= 0.6 is 0 Å². The van der Waals surface area contributed by atoms with E-state index in [1.165, 1.54) is 4.68 Å². The van der Waals surface area contributed by atoms with Crippen molar-refractivity contribution in [2.45, 2.75) is 20.4 Å². The number of nitrogens with one attached hydrogen (secondary N) is 1. The molecule has 6 nitrogen and oxygen atoms in total. The number of benzene rings is 1. The lowest BCUT2D eigenvalue weighted by atomic mass is 10.1. The Morgan fingerprint density at radius 1 is 1.32 bits per heavy atom. The molecule has 3 N–H and O–H groups in total. The Balaban J connectivity index is 2.48. The van der Waals surface area contributed by atoms with Crippen LogP contribution in [0.3, 0.4) is 0 Å². The molecule has 2 aromatic heterocycles. The average molecular weight is 296 g/mol. The summed E-state index contributed by atoms with van der Waals surface area (Å²) in [6.07, 6.45) is 0. The van der Waals surface area contributed by atoms with E-state index in [1.54, 1.807) is 6.92 Å². The third-order valence-corrected chi connectivity index (χ3v) is 3.75. The van der Waals surface area contributed by atoms with Crippen molar-refractivity contribution in [1.82, 2.24) is 14.8 Å². The first-order valence-electron chi connectivity index (χ1n) is 7.03. The molecule has 0 bridgehead atoms. The van der Waals surface area contributed by atoms with Crippen LogP contribution in [0.1, 0.15) is 23.0 Å². The van der Waals surface area contributed by atoms with Crippen LogP contribution in [-0.2, 0) is 6.54 Å². The fourth-order valence-electron chi connectivity index (χ4n) is 2.65. The lowest BCUT2D eigenvalue weighted by Gasteiger charge is -2.08. The maximum atomic E-state index is 12.4. The fraction of sp³-hybridized carbons (Fsp3) is 0.188. The van der Waals surface area contributed by atoms with E-state index in [4.69, 9.17) is 5.73 Å². The van der Waals surface area contributed by atoms with E-state index in [9.17, 15) is 9.59 Å². The summed E-state index contributed by atoms with van der Waals surface area (Å²) in [5, 5.41) is 5.10. The van der Waals surface area contributed by atoms with E-state index in [2.05, 4.69) is 10.1 Å². The van der Waals surface area contributed by atoms with Crippen LogP contribution in [0, 0.1) is 6.92 Å². The van der Waals surface area contributed by atoms with Crippen LogP contribution in [0.4, 0.5) is 0 Å². The standard InChI is InChI=1S/C16H16N4O2/c1-3-20-16(22)14-11(9(2)12(18-14)15(17)21)13(19-20)10-7-5-4-6-8-10/h4-8,18H,3H2,1-2H3,(H2,17,21). The lowest BCUT2D eigenvalue weighted by molar-refractivity contribution is 0.0996. The van der Waals surface area contributed by atoms with Gasteiger partial charge < -0.3 is 10.7 Å². The fourth-order valence-corrected chi connectivity index (χ4v) is 2.65. The summed E-state index contributed by atoms with van der Waals surface area (Å²) in [6.45, 7) is 4.06. The molecule has 0 saturated heterocycles. The molecule has 0 saturated carbocycles. The molecule has 0 aliphatic rings. The second-order valence-electron chi connectivity index (χ2n) is 5.07. The topological polar surface area (TPSA) is 93.8 Å². The SMILES string of the molecule is CCn1nc(-c2ccccc2)c2c(C)c(C(N)=O)[nH]c2c1=O. The summed E-state index contributed by atoms with van der Waals surface area (Å²) in [5.74, 6) is -0.588. The van der Waals surface area contributed by atoms with Crippen molar-refractivity contribution >= 4 is 16.8 Å². The normalized spacial score (nSPS) is 11.0. The van der Waals surface area contributed by atoms with Gasteiger partial charge in [-0.05, 0) is 19.4 Å². The Hall–Kier alpha value is -2.89. The van der Waals surface area contributed by atoms with E-state index >= 15 is 0 Å². The van der Waals surface area contributed by atoms with Crippen molar-refractivity contribution in [2.24, 2.45) is 5.73 Å². The number of nitrogens with zero attached hydrogens (tertiary/aromatic N) is 2. The van der Waals surface area contributed by atoms with E-state index in [0.29, 0.717) is 28.7 Å². The van der Waals surface area contributed by atoms with E-state index < -0.39 is 5.91 Å². The van der Waals surface area contributed by atoms with Crippen molar-refractivity contribution in [1.29, 1.82) is 0 Å². The number of carbonyl (C=O) groups is 1. The van der Waals surface area contributed by atoms with Crippen LogP contribution < -0.4 is 11.3 Å². The van der Waals surface area contributed by atoms with Gasteiger partial charge in [0, 0.05) is 17.5 Å². The second kappa shape index (κ2) is 5.14. The van der Waals surface area contributed by atoms with Gasteiger partial charge in [0.2, 0.25) is 0 Å². The molecule has 0 spiro atoms. The number of hydrogen-bond donors (Lipinski definition) is 2. The van der Waals surface area contributed by atoms with Crippen molar-refractivity contribution in [2.75, 3.05) is 0 Å². The predicted molar refractivity (Wildman–Crippen MR) is 84.7 cm³/mol. The van der Waals surface area contributed by atoms with Gasteiger partial charge in [0.1, 0.15) is 16.9 Å². The summed E-state index contributed by atoms with van der Waals surface area (Å²) in [6, 6.07) is 9.56. The number of primary amides is 1. The van der Waals surface area contributed by atoms with Gasteiger partial charge in [-0.3, -0.25) is 9.59 Å². The number of aromatic nitrogens is 3. The van der Waals surface area contributed by atoms with Crippen molar-refractivity contribution in [3.8, 4) is 11.3 Å². The summed E-state index contributed by atoms with van der Waals surface area (Å²) in [7, 11) is 0. The maximum Gasteiger partial charge on any atom is 0.291 e. The van der Waals surface area contributed by atoms with Gasteiger partial charge in [-0.1, -0.05) is 30.3 Å². The van der Waals surface area contributed by atoms with Gasteiger partial charge in [-0.25, -0.2) is 4.68 Å². The minimum Gasteiger partial charge on any atom is -0.364 e. The summed E-state index contributed by atoms with van der Waals surface area (Å²) >= 11 is 0. The Kier molecular flexibility index (Phi) is 3.29. The van der Waals surface area contributed by atoms with Gasteiger partial charge in [0.25, 0.3) is 11.5 Å². The number of aromatic amines is 1. The molecule has 3 rings (SSSR count). The third-order valence-electron chi connectivity index (χ3n) is 3.75. The predicted octanol–water partition coefficient (Wildman–Crippen LogP) is 1.82. The molecule has 22 heavy (non-hydrogen) atoms. The Morgan fingerprint density at radius 2 is 2.00 bits per heavy atom. The van der Waals surface area contributed by atoms with Crippen LogP contribution in [0.5, 0.6) is 0 Å². The van der Waals surface area contributed by atoms with E-state index in [-0.39, 0.29) is 11.3 Å². The summed E-state index contributed by atoms with van der Waals surface area (Å²) < 4.78 is 1.38. The number of nitrogens with two attached hydrogens (primary N) is 1. The highest BCUT2D eigenvalue weighted by Gasteiger charge is 2.20. The Labute approximate surface area is 126 Å². The molecule has 0 atom stereocenters. The van der Waals surface area contributed by atoms with Gasteiger partial charge in [0.15, 0.2) is 0 Å². The first-order valence-corrected chi connectivity index (χ1v) is 7.03.